The third-order valence-corrected chi connectivity index (χ3v) is 5.48. The molecule has 1 saturated carbocycles. The van der Waals surface area contributed by atoms with Crippen molar-refractivity contribution >= 4 is 11.9 Å². The third kappa shape index (κ3) is 3.50. The highest BCUT2D eigenvalue weighted by Gasteiger charge is 2.46. The van der Waals surface area contributed by atoms with E-state index in [1.54, 1.807) is 4.90 Å². The van der Waals surface area contributed by atoms with E-state index in [0.717, 1.165) is 29.7 Å². The van der Waals surface area contributed by atoms with Crippen molar-refractivity contribution < 1.29 is 24.2 Å². The fraction of sp³-hybridized carbons (Fsp3) is 0.600. The number of benzene rings is 1. The van der Waals surface area contributed by atoms with E-state index < -0.39 is 11.4 Å². The van der Waals surface area contributed by atoms with Crippen LogP contribution in [-0.2, 0) is 22.6 Å². The molecule has 0 spiro atoms. The second-order valence-electron chi connectivity index (χ2n) is 7.11. The monoisotopic (exact) mass is 361 g/mol. The van der Waals surface area contributed by atoms with E-state index in [0.29, 0.717) is 44.9 Å². The lowest BCUT2D eigenvalue weighted by atomic mass is 9.66. The van der Waals surface area contributed by atoms with Crippen LogP contribution in [0, 0.1) is 5.41 Å². The molecule has 1 aromatic carbocycles. The number of amides is 1. The lowest BCUT2D eigenvalue weighted by Gasteiger charge is -2.39. The Morgan fingerprint density at radius 1 is 1.12 bits per heavy atom. The van der Waals surface area contributed by atoms with Gasteiger partial charge in [-0.05, 0) is 56.4 Å². The quantitative estimate of drug-likeness (QED) is 0.808. The van der Waals surface area contributed by atoms with E-state index in [9.17, 15) is 14.7 Å². The molecule has 0 aromatic heterocycles. The predicted molar refractivity (Wildman–Crippen MR) is 96.4 cm³/mol. The minimum absolute atomic E-state index is 0.0652. The second-order valence-corrected chi connectivity index (χ2v) is 7.11. The maximum Gasteiger partial charge on any atom is 0.310 e. The van der Waals surface area contributed by atoms with Crippen LogP contribution < -0.4 is 9.47 Å². The van der Waals surface area contributed by atoms with Gasteiger partial charge in [-0.15, -0.1) is 0 Å². The van der Waals surface area contributed by atoms with Gasteiger partial charge in [-0.2, -0.15) is 0 Å². The van der Waals surface area contributed by atoms with Crippen LogP contribution in [-0.4, -0.2) is 41.6 Å². The molecule has 2 aliphatic rings. The van der Waals surface area contributed by atoms with Crippen LogP contribution in [0.5, 0.6) is 11.5 Å². The topological polar surface area (TPSA) is 76.1 Å². The number of carbonyl (C=O) groups is 2. The van der Waals surface area contributed by atoms with Gasteiger partial charge in [-0.3, -0.25) is 9.59 Å². The summed E-state index contributed by atoms with van der Waals surface area (Å²) in [6.07, 6.45) is 2.94. The molecule has 0 bridgehead atoms. The smallest absolute Gasteiger partial charge is 0.310 e. The summed E-state index contributed by atoms with van der Waals surface area (Å²) in [6.45, 7) is 6.09. The molecule has 1 aromatic rings. The fourth-order valence-corrected chi connectivity index (χ4v) is 3.78. The average Bonchev–Trinajstić information content (AvgIpc) is 2.58. The molecule has 6 heteroatoms. The molecule has 26 heavy (non-hydrogen) atoms. The number of carbonyl (C=O) groups excluding carboxylic acids is 1. The summed E-state index contributed by atoms with van der Waals surface area (Å²) in [7, 11) is 0. The molecule has 6 nitrogen and oxygen atoms in total. The summed E-state index contributed by atoms with van der Waals surface area (Å²) in [6, 6.07) is 3.97. The first-order valence-corrected chi connectivity index (χ1v) is 9.41. The van der Waals surface area contributed by atoms with Crippen LogP contribution in [0.3, 0.4) is 0 Å². The first-order valence-electron chi connectivity index (χ1n) is 9.41. The lowest BCUT2D eigenvalue weighted by molar-refractivity contribution is -0.159. The summed E-state index contributed by atoms with van der Waals surface area (Å²) in [5.74, 6) is 0.537. The Kier molecular flexibility index (Phi) is 5.39. The standard InChI is InChI=1S/C20H27NO5/c1-3-25-16-10-14-6-9-21(13-15(14)11-17(16)26-4-2)18(22)12-20(19(23)24)7-5-8-20/h10-11H,3-9,12-13H2,1-2H3,(H,23,24). The maximum atomic E-state index is 12.7. The van der Waals surface area contributed by atoms with Crippen LogP contribution in [0.25, 0.3) is 0 Å². The molecule has 1 fully saturated rings. The highest BCUT2D eigenvalue weighted by Crippen LogP contribution is 2.45. The number of carboxylic acids is 1. The molecule has 0 atom stereocenters. The Morgan fingerprint density at radius 3 is 2.23 bits per heavy atom. The van der Waals surface area contributed by atoms with Gasteiger partial charge in [-0.25, -0.2) is 0 Å². The van der Waals surface area contributed by atoms with Gasteiger partial charge in [0.2, 0.25) is 5.91 Å². The van der Waals surface area contributed by atoms with E-state index in [2.05, 4.69) is 0 Å². The summed E-state index contributed by atoms with van der Waals surface area (Å²) < 4.78 is 11.4. The molecule has 1 aliphatic heterocycles. The molecular formula is C20H27NO5. The van der Waals surface area contributed by atoms with Crippen LogP contribution in [0.15, 0.2) is 12.1 Å². The number of hydrogen-bond donors (Lipinski definition) is 1. The fourth-order valence-electron chi connectivity index (χ4n) is 3.78. The first kappa shape index (κ1) is 18.5. The van der Waals surface area contributed by atoms with Gasteiger partial charge in [0.05, 0.1) is 18.6 Å². The first-order chi connectivity index (χ1) is 12.5. The number of carboxylic acid groups (broad SMARTS) is 1. The van der Waals surface area contributed by atoms with Gasteiger partial charge in [0, 0.05) is 19.5 Å². The van der Waals surface area contributed by atoms with Crippen molar-refractivity contribution in [3.8, 4) is 11.5 Å². The van der Waals surface area contributed by atoms with Gasteiger partial charge in [0.25, 0.3) is 0 Å². The molecule has 0 radical (unpaired) electrons. The minimum Gasteiger partial charge on any atom is -0.490 e. The largest absolute Gasteiger partial charge is 0.490 e. The average molecular weight is 361 g/mol. The van der Waals surface area contributed by atoms with Crippen molar-refractivity contribution in [3.63, 3.8) is 0 Å². The Balaban J connectivity index is 1.75. The zero-order valence-electron chi connectivity index (χ0n) is 15.5. The predicted octanol–water partition coefficient (Wildman–Crippen LogP) is 3.01. The molecule has 3 rings (SSSR count). The van der Waals surface area contributed by atoms with Gasteiger partial charge in [0.1, 0.15) is 0 Å². The zero-order valence-corrected chi connectivity index (χ0v) is 15.5. The maximum absolute atomic E-state index is 12.7. The summed E-state index contributed by atoms with van der Waals surface area (Å²) >= 11 is 0. The second kappa shape index (κ2) is 7.56. The zero-order chi connectivity index (χ0) is 18.7. The molecular weight excluding hydrogens is 334 g/mol. The van der Waals surface area contributed by atoms with Crippen molar-refractivity contribution in [1.29, 1.82) is 0 Å². The number of hydrogen-bond acceptors (Lipinski definition) is 4. The summed E-state index contributed by atoms with van der Waals surface area (Å²) in [5, 5.41) is 9.46. The van der Waals surface area contributed by atoms with Crippen molar-refractivity contribution in [2.24, 2.45) is 5.41 Å². The van der Waals surface area contributed by atoms with Crippen molar-refractivity contribution in [3.05, 3.63) is 23.3 Å². The van der Waals surface area contributed by atoms with Gasteiger partial charge >= 0.3 is 5.97 Å². The number of fused-ring (bicyclic) bond motifs is 1. The SMILES string of the molecule is CCOc1cc2c(cc1OCC)CN(C(=O)CC1(C(=O)O)CCC1)CC2. The molecule has 0 saturated heterocycles. The third-order valence-electron chi connectivity index (χ3n) is 5.48. The van der Waals surface area contributed by atoms with Crippen LogP contribution >= 0.6 is 0 Å². The van der Waals surface area contributed by atoms with Gasteiger partial charge < -0.3 is 19.5 Å². The van der Waals surface area contributed by atoms with E-state index in [1.165, 1.54) is 0 Å². The summed E-state index contributed by atoms with van der Waals surface area (Å²) in [4.78, 5) is 26.0. The number of ether oxygens (including phenoxy) is 2. The van der Waals surface area contributed by atoms with E-state index in [4.69, 9.17) is 9.47 Å². The number of rotatable bonds is 7. The highest BCUT2D eigenvalue weighted by molar-refractivity contribution is 5.85. The Labute approximate surface area is 154 Å². The van der Waals surface area contributed by atoms with Gasteiger partial charge in [0.15, 0.2) is 11.5 Å². The van der Waals surface area contributed by atoms with E-state index >= 15 is 0 Å². The van der Waals surface area contributed by atoms with Gasteiger partial charge in [-0.1, -0.05) is 6.42 Å². The number of aliphatic carboxylic acids is 1. The molecule has 1 amide bonds. The van der Waals surface area contributed by atoms with Crippen LogP contribution in [0.2, 0.25) is 0 Å². The lowest BCUT2D eigenvalue weighted by Crippen LogP contribution is -2.45. The normalized spacial score (nSPS) is 17.8. The molecule has 1 N–H and O–H groups in total. The van der Waals surface area contributed by atoms with Crippen LogP contribution in [0.4, 0.5) is 0 Å². The van der Waals surface area contributed by atoms with Crippen LogP contribution in [0.1, 0.15) is 50.7 Å². The molecule has 1 heterocycles. The summed E-state index contributed by atoms with van der Waals surface area (Å²) in [5.41, 5.74) is 1.37. The minimum atomic E-state index is -0.841. The Morgan fingerprint density at radius 2 is 1.73 bits per heavy atom. The number of nitrogens with zero attached hydrogens (tertiary/aromatic N) is 1. The molecule has 0 unspecified atom stereocenters. The molecule has 142 valence electrons. The van der Waals surface area contributed by atoms with E-state index in [1.807, 2.05) is 26.0 Å². The van der Waals surface area contributed by atoms with Crippen molar-refractivity contribution in [2.75, 3.05) is 19.8 Å². The molecule has 1 aliphatic carbocycles. The van der Waals surface area contributed by atoms with Crippen molar-refractivity contribution in [2.45, 2.75) is 52.5 Å². The Bertz CT molecular complexity index is 696. The Hall–Kier alpha value is -2.24. The highest BCUT2D eigenvalue weighted by atomic mass is 16.5. The van der Waals surface area contributed by atoms with Crippen molar-refractivity contribution in [1.82, 2.24) is 4.90 Å². The van der Waals surface area contributed by atoms with E-state index in [-0.39, 0.29) is 12.3 Å².